The first kappa shape index (κ1) is 12.1. The van der Waals surface area contributed by atoms with Crippen LogP contribution in [0.1, 0.15) is 30.8 Å². The Hall–Kier alpha value is -1.39. The van der Waals surface area contributed by atoms with E-state index in [2.05, 4.69) is 27.4 Å². The van der Waals surface area contributed by atoms with Crippen LogP contribution in [-0.4, -0.2) is 15.2 Å². The third kappa shape index (κ3) is 3.28. The van der Waals surface area contributed by atoms with Crippen molar-refractivity contribution in [2.45, 2.75) is 25.9 Å². The lowest BCUT2D eigenvalue weighted by Crippen LogP contribution is -2.20. The molecule has 2 rings (SSSR count). The maximum atomic E-state index is 5.87. The summed E-state index contributed by atoms with van der Waals surface area (Å²) in [4.78, 5) is 4.08. The van der Waals surface area contributed by atoms with Gasteiger partial charge in [-0.2, -0.15) is 5.10 Å². The molecular formula is C12H15ClN4. The van der Waals surface area contributed by atoms with E-state index in [9.17, 15) is 0 Å². The molecule has 5 heteroatoms. The van der Waals surface area contributed by atoms with Gasteiger partial charge in [-0.15, -0.1) is 0 Å². The molecule has 0 spiro atoms. The van der Waals surface area contributed by atoms with E-state index in [1.165, 1.54) is 11.9 Å². The van der Waals surface area contributed by atoms with Gasteiger partial charge in [0.15, 0.2) is 0 Å². The minimum Gasteiger partial charge on any atom is -0.303 e. The molecular weight excluding hydrogens is 236 g/mol. The Labute approximate surface area is 105 Å². The third-order valence-electron chi connectivity index (χ3n) is 2.66. The molecule has 2 aromatic rings. The third-order valence-corrected chi connectivity index (χ3v) is 2.91. The normalized spacial score (nSPS) is 12.6. The molecule has 1 heterocycles. The van der Waals surface area contributed by atoms with Crippen molar-refractivity contribution in [3.8, 4) is 0 Å². The number of nitrogens with one attached hydrogen (secondary N) is 2. The van der Waals surface area contributed by atoms with E-state index in [1.807, 2.05) is 24.3 Å². The molecule has 17 heavy (non-hydrogen) atoms. The molecule has 0 fully saturated rings. The fourth-order valence-electron chi connectivity index (χ4n) is 1.73. The maximum Gasteiger partial charge on any atom is 0.138 e. The molecule has 0 aliphatic carbocycles. The van der Waals surface area contributed by atoms with Crippen LogP contribution >= 0.6 is 11.6 Å². The smallest absolute Gasteiger partial charge is 0.138 e. The summed E-state index contributed by atoms with van der Waals surface area (Å²) in [6, 6.07) is 8.22. The Morgan fingerprint density at radius 3 is 2.71 bits per heavy atom. The number of aromatic amines is 1. The summed E-state index contributed by atoms with van der Waals surface area (Å²) in [6.45, 7) is 2.83. The fraction of sp³-hybridized carbons (Fsp3) is 0.333. The van der Waals surface area contributed by atoms with Crippen LogP contribution < -0.4 is 5.32 Å². The summed E-state index contributed by atoms with van der Waals surface area (Å²) in [5.74, 6) is 0.845. The van der Waals surface area contributed by atoms with Gasteiger partial charge in [-0.1, -0.05) is 30.7 Å². The highest BCUT2D eigenvalue weighted by molar-refractivity contribution is 6.30. The van der Waals surface area contributed by atoms with Gasteiger partial charge in [-0.25, -0.2) is 4.98 Å². The minimum atomic E-state index is 0.303. The van der Waals surface area contributed by atoms with Crippen molar-refractivity contribution in [2.24, 2.45) is 0 Å². The molecule has 0 aliphatic heterocycles. The Morgan fingerprint density at radius 1 is 1.35 bits per heavy atom. The van der Waals surface area contributed by atoms with Gasteiger partial charge < -0.3 is 5.32 Å². The van der Waals surface area contributed by atoms with Gasteiger partial charge >= 0.3 is 0 Å². The molecule has 4 nitrogen and oxygen atoms in total. The van der Waals surface area contributed by atoms with Crippen LogP contribution in [0.5, 0.6) is 0 Å². The van der Waals surface area contributed by atoms with E-state index in [4.69, 9.17) is 11.6 Å². The van der Waals surface area contributed by atoms with Crippen LogP contribution in [0.4, 0.5) is 0 Å². The van der Waals surface area contributed by atoms with Crippen LogP contribution in [0.25, 0.3) is 0 Å². The molecule has 2 N–H and O–H groups in total. The van der Waals surface area contributed by atoms with Crippen LogP contribution in [-0.2, 0) is 6.54 Å². The Morgan fingerprint density at radius 2 is 2.12 bits per heavy atom. The van der Waals surface area contributed by atoms with Crippen molar-refractivity contribution >= 4 is 11.6 Å². The van der Waals surface area contributed by atoms with Crippen LogP contribution in [0.2, 0.25) is 5.02 Å². The monoisotopic (exact) mass is 250 g/mol. The van der Waals surface area contributed by atoms with E-state index in [0.717, 1.165) is 17.3 Å². The standard InChI is InChI=1S/C12H15ClN4/c1-2-11(9-3-5-10(13)6-4-9)14-7-12-15-8-16-17-12/h3-6,8,11,14H,2,7H2,1H3,(H,15,16,17). The average molecular weight is 251 g/mol. The van der Waals surface area contributed by atoms with E-state index in [1.54, 1.807) is 0 Å². The molecule has 1 atom stereocenters. The predicted molar refractivity (Wildman–Crippen MR) is 67.7 cm³/mol. The number of nitrogens with zero attached hydrogens (tertiary/aromatic N) is 2. The molecule has 1 aromatic carbocycles. The SMILES string of the molecule is CCC(NCc1ncn[nH]1)c1ccc(Cl)cc1. The lowest BCUT2D eigenvalue weighted by Gasteiger charge is -2.16. The predicted octanol–water partition coefficient (Wildman–Crippen LogP) is 2.70. The molecule has 0 saturated carbocycles. The second-order valence-corrected chi connectivity index (χ2v) is 4.26. The second-order valence-electron chi connectivity index (χ2n) is 3.83. The van der Waals surface area contributed by atoms with Gasteiger partial charge in [-0.3, -0.25) is 5.10 Å². The lowest BCUT2D eigenvalue weighted by atomic mass is 10.0. The van der Waals surface area contributed by atoms with Crippen molar-refractivity contribution in [2.75, 3.05) is 0 Å². The zero-order valence-corrected chi connectivity index (χ0v) is 10.4. The topological polar surface area (TPSA) is 53.6 Å². The number of aromatic nitrogens is 3. The van der Waals surface area contributed by atoms with E-state index in [0.29, 0.717) is 12.6 Å². The van der Waals surface area contributed by atoms with Gasteiger partial charge in [0.05, 0.1) is 6.54 Å². The molecule has 0 radical (unpaired) electrons. The highest BCUT2D eigenvalue weighted by atomic mass is 35.5. The van der Waals surface area contributed by atoms with Gasteiger partial charge in [0.1, 0.15) is 12.2 Å². The lowest BCUT2D eigenvalue weighted by molar-refractivity contribution is 0.509. The van der Waals surface area contributed by atoms with Gasteiger partial charge in [0.2, 0.25) is 0 Å². The summed E-state index contributed by atoms with van der Waals surface area (Å²) < 4.78 is 0. The number of rotatable bonds is 5. The van der Waals surface area contributed by atoms with E-state index >= 15 is 0 Å². The van der Waals surface area contributed by atoms with Crippen LogP contribution in [0.3, 0.4) is 0 Å². The molecule has 1 unspecified atom stereocenters. The molecule has 0 amide bonds. The Bertz CT molecular complexity index is 438. The highest BCUT2D eigenvalue weighted by Gasteiger charge is 2.09. The maximum absolute atomic E-state index is 5.87. The van der Waals surface area contributed by atoms with E-state index < -0.39 is 0 Å². The molecule has 90 valence electrons. The van der Waals surface area contributed by atoms with Crippen LogP contribution in [0, 0.1) is 0 Å². The number of benzene rings is 1. The first-order valence-corrected chi connectivity index (χ1v) is 6.00. The van der Waals surface area contributed by atoms with Crippen molar-refractivity contribution < 1.29 is 0 Å². The zero-order valence-electron chi connectivity index (χ0n) is 9.65. The van der Waals surface area contributed by atoms with Gasteiger partial charge in [-0.05, 0) is 24.1 Å². The first-order valence-electron chi connectivity index (χ1n) is 5.62. The second kappa shape index (κ2) is 5.80. The summed E-state index contributed by atoms with van der Waals surface area (Å²) in [5.41, 5.74) is 1.23. The number of hydrogen-bond acceptors (Lipinski definition) is 3. The molecule has 0 bridgehead atoms. The first-order chi connectivity index (χ1) is 8.29. The Balaban J connectivity index is 1.99. The summed E-state index contributed by atoms with van der Waals surface area (Å²) in [5, 5.41) is 10.8. The summed E-state index contributed by atoms with van der Waals surface area (Å²) in [7, 11) is 0. The van der Waals surface area contributed by atoms with Crippen molar-refractivity contribution in [1.29, 1.82) is 0 Å². The molecule has 0 saturated heterocycles. The number of H-pyrrole nitrogens is 1. The Kier molecular flexibility index (Phi) is 4.12. The number of halogens is 1. The average Bonchev–Trinajstić information content (AvgIpc) is 2.85. The van der Waals surface area contributed by atoms with E-state index in [-0.39, 0.29) is 0 Å². The summed E-state index contributed by atoms with van der Waals surface area (Å²) in [6.07, 6.45) is 2.52. The van der Waals surface area contributed by atoms with Crippen molar-refractivity contribution in [3.63, 3.8) is 0 Å². The largest absolute Gasteiger partial charge is 0.303 e. The number of hydrogen-bond donors (Lipinski definition) is 2. The van der Waals surface area contributed by atoms with Gasteiger partial charge in [0.25, 0.3) is 0 Å². The van der Waals surface area contributed by atoms with Crippen LogP contribution in [0.15, 0.2) is 30.6 Å². The highest BCUT2D eigenvalue weighted by Crippen LogP contribution is 2.19. The van der Waals surface area contributed by atoms with Crippen molar-refractivity contribution in [3.05, 3.63) is 47.0 Å². The zero-order chi connectivity index (χ0) is 12.1. The van der Waals surface area contributed by atoms with Crippen molar-refractivity contribution in [1.82, 2.24) is 20.5 Å². The summed E-state index contributed by atoms with van der Waals surface area (Å²) >= 11 is 5.87. The molecule has 0 aliphatic rings. The minimum absolute atomic E-state index is 0.303. The fourth-order valence-corrected chi connectivity index (χ4v) is 1.85. The quantitative estimate of drug-likeness (QED) is 0.858. The molecule has 1 aromatic heterocycles. The van der Waals surface area contributed by atoms with Gasteiger partial charge in [0, 0.05) is 11.1 Å².